The third kappa shape index (κ3) is 3.31. The molecule has 1 aromatic heterocycles. The van der Waals surface area contributed by atoms with Crippen LogP contribution < -0.4 is 5.73 Å². The number of hydrogen-bond acceptors (Lipinski definition) is 4. The Kier molecular flexibility index (Phi) is 4.33. The molecule has 0 radical (unpaired) electrons. The molecular formula is C14H17N3S. The van der Waals surface area contributed by atoms with Gasteiger partial charge in [-0.2, -0.15) is 0 Å². The first-order valence-corrected chi connectivity index (χ1v) is 6.87. The second-order valence-electron chi connectivity index (χ2n) is 4.30. The monoisotopic (exact) mass is 259 g/mol. The third-order valence-corrected chi connectivity index (χ3v) is 3.68. The summed E-state index contributed by atoms with van der Waals surface area (Å²) in [5.41, 5.74) is 10.4. The fourth-order valence-corrected chi connectivity index (χ4v) is 2.83. The average molecular weight is 259 g/mol. The smallest absolute Gasteiger partial charge is 0.119 e. The van der Waals surface area contributed by atoms with Crippen molar-refractivity contribution < 1.29 is 0 Å². The highest BCUT2D eigenvalue weighted by atomic mass is 32.2. The van der Waals surface area contributed by atoms with Gasteiger partial charge in [-0.05, 0) is 19.4 Å². The van der Waals surface area contributed by atoms with Crippen molar-refractivity contribution in [2.45, 2.75) is 31.2 Å². The summed E-state index contributed by atoms with van der Waals surface area (Å²) in [6.07, 6.45) is 3.39. The SMILES string of the molecule is Cc1cc(C)cc(CSc2nccnc2CN)c1. The molecule has 3 nitrogen and oxygen atoms in total. The minimum atomic E-state index is 0.434. The first kappa shape index (κ1) is 13.1. The van der Waals surface area contributed by atoms with Gasteiger partial charge in [-0.3, -0.25) is 4.98 Å². The number of nitrogens with two attached hydrogens (primary N) is 1. The van der Waals surface area contributed by atoms with E-state index in [0.717, 1.165) is 16.5 Å². The van der Waals surface area contributed by atoms with Gasteiger partial charge in [0, 0.05) is 24.7 Å². The standard InChI is InChI=1S/C14H17N3S/c1-10-5-11(2)7-12(6-10)9-18-14-13(8-15)16-3-4-17-14/h3-7H,8-9,15H2,1-2H3. The molecule has 0 aliphatic carbocycles. The minimum Gasteiger partial charge on any atom is -0.325 e. The largest absolute Gasteiger partial charge is 0.325 e. The van der Waals surface area contributed by atoms with Gasteiger partial charge in [-0.15, -0.1) is 0 Å². The van der Waals surface area contributed by atoms with E-state index in [9.17, 15) is 0 Å². The Labute approximate surface area is 112 Å². The van der Waals surface area contributed by atoms with Crippen molar-refractivity contribution in [1.29, 1.82) is 0 Å². The zero-order valence-corrected chi connectivity index (χ0v) is 11.5. The average Bonchev–Trinajstić information content (AvgIpc) is 2.35. The number of aromatic nitrogens is 2. The fourth-order valence-electron chi connectivity index (χ4n) is 1.92. The molecule has 0 fully saturated rings. The van der Waals surface area contributed by atoms with Crippen molar-refractivity contribution >= 4 is 11.8 Å². The van der Waals surface area contributed by atoms with Crippen molar-refractivity contribution in [1.82, 2.24) is 9.97 Å². The van der Waals surface area contributed by atoms with Crippen LogP contribution in [0.5, 0.6) is 0 Å². The normalized spacial score (nSPS) is 10.6. The predicted octanol–water partition coefficient (Wildman–Crippen LogP) is 2.84. The van der Waals surface area contributed by atoms with Crippen LogP contribution in [-0.4, -0.2) is 9.97 Å². The van der Waals surface area contributed by atoms with E-state index in [0.29, 0.717) is 6.54 Å². The van der Waals surface area contributed by atoms with E-state index in [-0.39, 0.29) is 0 Å². The minimum absolute atomic E-state index is 0.434. The lowest BCUT2D eigenvalue weighted by atomic mass is 10.1. The first-order chi connectivity index (χ1) is 8.69. The highest BCUT2D eigenvalue weighted by Crippen LogP contribution is 2.23. The van der Waals surface area contributed by atoms with E-state index in [4.69, 9.17) is 5.73 Å². The van der Waals surface area contributed by atoms with Crippen molar-refractivity contribution in [2.24, 2.45) is 5.73 Å². The Bertz CT molecular complexity index is 520. The van der Waals surface area contributed by atoms with Crippen LogP contribution in [0.25, 0.3) is 0 Å². The molecule has 2 aromatic rings. The third-order valence-electron chi connectivity index (χ3n) is 2.59. The van der Waals surface area contributed by atoms with Gasteiger partial charge in [0.2, 0.25) is 0 Å². The Morgan fingerprint density at radius 2 is 1.72 bits per heavy atom. The summed E-state index contributed by atoms with van der Waals surface area (Å²) in [7, 11) is 0. The van der Waals surface area contributed by atoms with Crippen LogP contribution in [0.15, 0.2) is 35.6 Å². The molecule has 4 heteroatoms. The van der Waals surface area contributed by atoms with Crippen LogP contribution in [0.3, 0.4) is 0 Å². The highest BCUT2D eigenvalue weighted by molar-refractivity contribution is 7.98. The molecule has 0 unspecified atom stereocenters. The zero-order chi connectivity index (χ0) is 13.0. The molecule has 0 spiro atoms. The van der Waals surface area contributed by atoms with Gasteiger partial charge in [0.05, 0.1) is 5.69 Å². The number of benzene rings is 1. The first-order valence-electron chi connectivity index (χ1n) is 5.89. The summed E-state index contributed by atoms with van der Waals surface area (Å²) < 4.78 is 0. The summed E-state index contributed by atoms with van der Waals surface area (Å²) in [5.74, 6) is 0.897. The van der Waals surface area contributed by atoms with Gasteiger partial charge in [-0.1, -0.05) is 41.1 Å². The van der Waals surface area contributed by atoms with Crippen LogP contribution in [-0.2, 0) is 12.3 Å². The lowest BCUT2D eigenvalue weighted by Gasteiger charge is -2.06. The molecule has 1 heterocycles. The molecule has 94 valence electrons. The maximum atomic E-state index is 5.65. The van der Waals surface area contributed by atoms with Crippen molar-refractivity contribution in [3.8, 4) is 0 Å². The highest BCUT2D eigenvalue weighted by Gasteiger charge is 2.05. The van der Waals surface area contributed by atoms with E-state index in [1.165, 1.54) is 16.7 Å². The number of aryl methyl sites for hydroxylation is 2. The summed E-state index contributed by atoms with van der Waals surface area (Å²) in [6, 6.07) is 6.60. The molecule has 2 N–H and O–H groups in total. The van der Waals surface area contributed by atoms with E-state index in [1.54, 1.807) is 24.2 Å². The molecular weight excluding hydrogens is 242 g/mol. The Hall–Kier alpha value is -1.39. The molecule has 0 saturated carbocycles. The molecule has 1 aromatic carbocycles. The quantitative estimate of drug-likeness (QED) is 0.858. The van der Waals surface area contributed by atoms with Crippen molar-refractivity contribution in [2.75, 3.05) is 0 Å². The molecule has 0 atom stereocenters. The molecule has 0 bridgehead atoms. The van der Waals surface area contributed by atoms with Gasteiger partial charge in [0.25, 0.3) is 0 Å². The van der Waals surface area contributed by atoms with Crippen LogP contribution in [0.1, 0.15) is 22.4 Å². The maximum Gasteiger partial charge on any atom is 0.119 e. The van der Waals surface area contributed by atoms with Crippen LogP contribution in [0.2, 0.25) is 0 Å². The molecule has 0 saturated heterocycles. The second kappa shape index (κ2) is 5.98. The van der Waals surface area contributed by atoms with E-state index >= 15 is 0 Å². The molecule has 18 heavy (non-hydrogen) atoms. The van der Waals surface area contributed by atoms with Crippen LogP contribution in [0.4, 0.5) is 0 Å². The summed E-state index contributed by atoms with van der Waals surface area (Å²) >= 11 is 1.69. The van der Waals surface area contributed by atoms with E-state index < -0.39 is 0 Å². The van der Waals surface area contributed by atoms with Gasteiger partial charge in [0.1, 0.15) is 5.03 Å². The van der Waals surface area contributed by atoms with E-state index in [2.05, 4.69) is 42.0 Å². The van der Waals surface area contributed by atoms with Crippen LogP contribution in [0, 0.1) is 13.8 Å². The molecule has 0 aliphatic heterocycles. The van der Waals surface area contributed by atoms with Gasteiger partial charge in [0.15, 0.2) is 0 Å². The number of rotatable bonds is 4. The topological polar surface area (TPSA) is 51.8 Å². The lowest BCUT2D eigenvalue weighted by molar-refractivity contribution is 0.886. The number of nitrogens with zero attached hydrogens (tertiary/aromatic N) is 2. The Morgan fingerprint density at radius 1 is 1.06 bits per heavy atom. The summed E-state index contributed by atoms with van der Waals surface area (Å²) in [6.45, 7) is 4.67. The Balaban J connectivity index is 2.11. The van der Waals surface area contributed by atoms with Crippen LogP contribution >= 0.6 is 11.8 Å². The lowest BCUT2D eigenvalue weighted by Crippen LogP contribution is -2.02. The summed E-state index contributed by atoms with van der Waals surface area (Å²) in [5, 5.41) is 0.930. The second-order valence-corrected chi connectivity index (χ2v) is 5.26. The van der Waals surface area contributed by atoms with Gasteiger partial charge >= 0.3 is 0 Å². The number of hydrogen-bond donors (Lipinski definition) is 1. The van der Waals surface area contributed by atoms with Crippen molar-refractivity contribution in [3.63, 3.8) is 0 Å². The number of thioether (sulfide) groups is 1. The van der Waals surface area contributed by atoms with Crippen molar-refractivity contribution in [3.05, 3.63) is 53.0 Å². The van der Waals surface area contributed by atoms with Gasteiger partial charge in [-0.25, -0.2) is 4.98 Å². The van der Waals surface area contributed by atoms with Gasteiger partial charge < -0.3 is 5.73 Å². The molecule has 0 amide bonds. The fraction of sp³-hybridized carbons (Fsp3) is 0.286. The molecule has 0 aliphatic rings. The molecule has 2 rings (SSSR count). The summed E-state index contributed by atoms with van der Waals surface area (Å²) in [4.78, 5) is 8.57. The maximum absolute atomic E-state index is 5.65. The zero-order valence-electron chi connectivity index (χ0n) is 10.7. The van der Waals surface area contributed by atoms with E-state index in [1.807, 2.05) is 0 Å². The predicted molar refractivity (Wildman–Crippen MR) is 75.4 cm³/mol. The Morgan fingerprint density at radius 3 is 2.39 bits per heavy atom.